The molecule has 1 aliphatic rings. The molecular formula is C17H11BrN2O5. The summed E-state index contributed by atoms with van der Waals surface area (Å²) < 4.78 is 0.400. The Morgan fingerprint density at radius 2 is 1.68 bits per heavy atom. The molecule has 0 bridgehead atoms. The molecule has 0 atom stereocenters. The molecule has 1 aliphatic heterocycles. The number of urea groups is 1. The van der Waals surface area contributed by atoms with Crippen molar-refractivity contribution >= 4 is 45.5 Å². The van der Waals surface area contributed by atoms with E-state index in [0.717, 1.165) is 4.90 Å². The number of carbonyl (C=O) groups is 3. The van der Waals surface area contributed by atoms with Crippen LogP contribution in [0.3, 0.4) is 0 Å². The minimum atomic E-state index is -0.871. The van der Waals surface area contributed by atoms with Gasteiger partial charge in [-0.15, -0.1) is 0 Å². The molecule has 0 saturated carbocycles. The molecule has 0 unspecified atom stereocenters. The summed E-state index contributed by atoms with van der Waals surface area (Å²) in [6, 6.07) is 9.02. The van der Waals surface area contributed by atoms with Crippen molar-refractivity contribution in [2.45, 2.75) is 0 Å². The van der Waals surface area contributed by atoms with Gasteiger partial charge in [0.05, 0.1) is 10.2 Å². The van der Waals surface area contributed by atoms with Gasteiger partial charge in [0.1, 0.15) is 17.1 Å². The molecule has 2 aromatic rings. The number of amides is 4. The normalized spacial score (nSPS) is 16.3. The molecule has 4 amide bonds. The maximum atomic E-state index is 12.6. The fourth-order valence-corrected chi connectivity index (χ4v) is 2.67. The first kappa shape index (κ1) is 16.7. The first-order valence-corrected chi connectivity index (χ1v) is 7.85. The van der Waals surface area contributed by atoms with Gasteiger partial charge in [-0.1, -0.05) is 6.07 Å². The summed E-state index contributed by atoms with van der Waals surface area (Å²) in [7, 11) is 0. The van der Waals surface area contributed by atoms with Crippen molar-refractivity contribution in [1.82, 2.24) is 5.32 Å². The van der Waals surface area contributed by atoms with Gasteiger partial charge < -0.3 is 10.2 Å². The van der Waals surface area contributed by atoms with Crippen molar-refractivity contribution in [3.8, 4) is 11.5 Å². The SMILES string of the molecule is O=C1NC(=O)N(c2ccc(O)cc2)C(=O)/C1=C\c1ccc(O)c(Br)c1. The predicted molar refractivity (Wildman–Crippen MR) is 92.9 cm³/mol. The Morgan fingerprint density at radius 3 is 2.32 bits per heavy atom. The van der Waals surface area contributed by atoms with Crippen LogP contribution in [-0.2, 0) is 9.59 Å². The Balaban J connectivity index is 2.01. The van der Waals surface area contributed by atoms with Crippen LogP contribution in [-0.4, -0.2) is 28.1 Å². The van der Waals surface area contributed by atoms with Crippen molar-refractivity contribution in [3.05, 3.63) is 58.1 Å². The van der Waals surface area contributed by atoms with Crippen molar-refractivity contribution in [3.63, 3.8) is 0 Å². The van der Waals surface area contributed by atoms with Crippen LogP contribution in [0, 0.1) is 0 Å². The van der Waals surface area contributed by atoms with E-state index in [1.807, 2.05) is 0 Å². The number of carbonyl (C=O) groups excluding carboxylic acids is 3. The predicted octanol–water partition coefficient (Wildman–Crippen LogP) is 2.53. The molecule has 1 heterocycles. The molecule has 2 aromatic carbocycles. The van der Waals surface area contributed by atoms with E-state index in [1.54, 1.807) is 0 Å². The Morgan fingerprint density at radius 1 is 1.00 bits per heavy atom. The molecule has 0 aliphatic carbocycles. The third kappa shape index (κ3) is 3.24. The Kier molecular flexibility index (Phi) is 4.28. The van der Waals surface area contributed by atoms with E-state index in [-0.39, 0.29) is 22.8 Å². The van der Waals surface area contributed by atoms with Gasteiger partial charge in [0.2, 0.25) is 0 Å². The van der Waals surface area contributed by atoms with Crippen LogP contribution >= 0.6 is 15.9 Å². The number of barbiturate groups is 1. The highest BCUT2D eigenvalue weighted by Gasteiger charge is 2.36. The number of imide groups is 2. The van der Waals surface area contributed by atoms with Gasteiger partial charge in [0.15, 0.2) is 0 Å². The molecule has 0 radical (unpaired) electrons. The average molecular weight is 403 g/mol. The molecule has 0 aromatic heterocycles. The van der Waals surface area contributed by atoms with E-state index in [9.17, 15) is 24.6 Å². The maximum absolute atomic E-state index is 12.6. The van der Waals surface area contributed by atoms with Gasteiger partial charge in [-0.05, 0) is 64.0 Å². The highest BCUT2D eigenvalue weighted by Crippen LogP contribution is 2.27. The number of nitrogens with one attached hydrogen (secondary N) is 1. The van der Waals surface area contributed by atoms with Crippen molar-refractivity contribution in [2.75, 3.05) is 4.90 Å². The summed E-state index contributed by atoms with van der Waals surface area (Å²) >= 11 is 3.15. The van der Waals surface area contributed by atoms with Crippen LogP contribution < -0.4 is 10.2 Å². The summed E-state index contributed by atoms with van der Waals surface area (Å²) in [5.41, 5.74) is 0.471. The van der Waals surface area contributed by atoms with Gasteiger partial charge in [-0.25, -0.2) is 9.69 Å². The Bertz CT molecular complexity index is 921. The second kappa shape index (κ2) is 6.40. The quantitative estimate of drug-likeness (QED) is 0.528. The minimum Gasteiger partial charge on any atom is -0.508 e. The van der Waals surface area contributed by atoms with E-state index in [0.29, 0.717) is 10.0 Å². The molecule has 3 rings (SSSR count). The summed E-state index contributed by atoms with van der Waals surface area (Å²) in [6.45, 7) is 0. The molecule has 25 heavy (non-hydrogen) atoms. The molecule has 7 nitrogen and oxygen atoms in total. The van der Waals surface area contributed by atoms with Crippen LogP contribution in [0.2, 0.25) is 0 Å². The lowest BCUT2D eigenvalue weighted by atomic mass is 10.1. The molecule has 8 heteroatoms. The lowest BCUT2D eigenvalue weighted by Gasteiger charge is -2.26. The van der Waals surface area contributed by atoms with E-state index in [4.69, 9.17) is 0 Å². The van der Waals surface area contributed by atoms with Crippen LogP contribution in [0.15, 0.2) is 52.5 Å². The summed E-state index contributed by atoms with van der Waals surface area (Å²) in [5, 5.41) is 20.9. The van der Waals surface area contributed by atoms with Gasteiger partial charge >= 0.3 is 6.03 Å². The van der Waals surface area contributed by atoms with E-state index >= 15 is 0 Å². The van der Waals surface area contributed by atoms with Gasteiger partial charge in [-0.3, -0.25) is 14.9 Å². The van der Waals surface area contributed by atoms with Crippen LogP contribution in [0.4, 0.5) is 10.5 Å². The number of hydrogen-bond acceptors (Lipinski definition) is 5. The summed E-state index contributed by atoms with van der Waals surface area (Å²) in [4.78, 5) is 37.5. The highest BCUT2D eigenvalue weighted by molar-refractivity contribution is 9.10. The summed E-state index contributed by atoms with van der Waals surface area (Å²) in [5.74, 6) is -1.60. The lowest BCUT2D eigenvalue weighted by Crippen LogP contribution is -2.54. The summed E-state index contributed by atoms with van der Waals surface area (Å²) in [6.07, 6.45) is 1.32. The minimum absolute atomic E-state index is 0.0162. The molecule has 126 valence electrons. The number of benzene rings is 2. The molecule has 3 N–H and O–H groups in total. The zero-order chi connectivity index (χ0) is 18.1. The number of phenols is 2. The monoisotopic (exact) mass is 402 g/mol. The number of nitrogens with zero attached hydrogens (tertiary/aromatic N) is 1. The fourth-order valence-electron chi connectivity index (χ4n) is 2.27. The fraction of sp³-hybridized carbons (Fsp3) is 0. The third-order valence-corrected chi connectivity index (χ3v) is 4.13. The van der Waals surface area contributed by atoms with Gasteiger partial charge in [-0.2, -0.15) is 0 Å². The second-order valence-electron chi connectivity index (χ2n) is 5.19. The second-order valence-corrected chi connectivity index (χ2v) is 6.04. The first-order valence-electron chi connectivity index (χ1n) is 7.06. The number of rotatable bonds is 2. The Labute approximate surface area is 150 Å². The van der Waals surface area contributed by atoms with Crippen LogP contribution in [0.5, 0.6) is 11.5 Å². The van der Waals surface area contributed by atoms with Crippen LogP contribution in [0.1, 0.15) is 5.56 Å². The number of aromatic hydroxyl groups is 2. The van der Waals surface area contributed by atoms with Crippen molar-refractivity contribution in [2.24, 2.45) is 0 Å². The molecule has 1 saturated heterocycles. The largest absolute Gasteiger partial charge is 0.508 e. The molecule has 1 fully saturated rings. The zero-order valence-electron chi connectivity index (χ0n) is 12.6. The standard InChI is InChI=1S/C17H11BrN2O5/c18-13-8-9(1-6-14(13)22)7-12-15(23)19-17(25)20(16(12)24)10-2-4-11(21)5-3-10/h1-8,21-22H,(H,19,23,25)/b12-7-. The number of phenolic OH excluding ortho intramolecular Hbond substituents is 2. The van der Waals surface area contributed by atoms with Crippen LogP contribution in [0.25, 0.3) is 6.08 Å². The molecule has 0 spiro atoms. The number of halogens is 1. The zero-order valence-corrected chi connectivity index (χ0v) is 14.1. The lowest BCUT2D eigenvalue weighted by molar-refractivity contribution is -0.122. The van der Waals surface area contributed by atoms with E-state index in [1.165, 1.54) is 48.5 Å². The third-order valence-electron chi connectivity index (χ3n) is 3.49. The maximum Gasteiger partial charge on any atom is 0.335 e. The van der Waals surface area contributed by atoms with Crippen molar-refractivity contribution < 1.29 is 24.6 Å². The highest BCUT2D eigenvalue weighted by atomic mass is 79.9. The number of anilines is 1. The van der Waals surface area contributed by atoms with Gasteiger partial charge in [0.25, 0.3) is 11.8 Å². The average Bonchev–Trinajstić information content (AvgIpc) is 2.56. The Hall–Kier alpha value is -3.13. The first-order chi connectivity index (χ1) is 11.9. The smallest absolute Gasteiger partial charge is 0.335 e. The molecular weight excluding hydrogens is 392 g/mol. The van der Waals surface area contributed by atoms with Gasteiger partial charge in [0, 0.05) is 0 Å². The van der Waals surface area contributed by atoms with E-state index < -0.39 is 17.8 Å². The topological polar surface area (TPSA) is 107 Å². The number of hydrogen-bond donors (Lipinski definition) is 3. The van der Waals surface area contributed by atoms with E-state index in [2.05, 4.69) is 21.2 Å². The van der Waals surface area contributed by atoms with Crippen molar-refractivity contribution in [1.29, 1.82) is 0 Å².